The Balaban J connectivity index is 2.67. The number of aliphatic hydroxyl groups is 1. The van der Waals surface area contributed by atoms with Crippen LogP contribution in [0.1, 0.15) is 54.4 Å². The van der Waals surface area contributed by atoms with Crippen LogP contribution >= 0.6 is 0 Å². The van der Waals surface area contributed by atoms with Crippen molar-refractivity contribution < 1.29 is 19.8 Å². The van der Waals surface area contributed by atoms with Gasteiger partial charge in [-0.25, -0.2) is 0 Å². The number of nitrogens with zero attached hydrogens (tertiary/aromatic N) is 1. The molecule has 124 valence electrons. The molecule has 6 heteroatoms. The molecule has 0 saturated carbocycles. The number of rotatable bonds is 6. The standard InChI is InChI=1S/C15H30N2O4/c1-10-7-12(16-11(2)13(18)19)8-14(3,4)17(10)21-9-15(5,6)20/h10-12,16,20H,7-9H2,1-6H3,(H,18,19). The first-order chi connectivity index (χ1) is 9.42. The number of piperidine rings is 1. The Morgan fingerprint density at radius 2 is 2.10 bits per heavy atom. The highest BCUT2D eigenvalue weighted by atomic mass is 16.7. The first kappa shape index (κ1) is 18.4. The van der Waals surface area contributed by atoms with Crippen molar-refractivity contribution in [1.82, 2.24) is 10.4 Å². The van der Waals surface area contributed by atoms with E-state index in [4.69, 9.17) is 9.94 Å². The fourth-order valence-corrected chi connectivity index (χ4v) is 2.96. The van der Waals surface area contributed by atoms with Crippen LogP contribution in [0.15, 0.2) is 0 Å². The summed E-state index contributed by atoms with van der Waals surface area (Å²) in [6.07, 6.45) is 1.60. The maximum Gasteiger partial charge on any atom is 0.320 e. The van der Waals surface area contributed by atoms with E-state index < -0.39 is 17.6 Å². The molecular formula is C15H30N2O4. The summed E-state index contributed by atoms with van der Waals surface area (Å²) in [5.74, 6) is -0.832. The summed E-state index contributed by atoms with van der Waals surface area (Å²) in [4.78, 5) is 16.8. The molecule has 0 amide bonds. The van der Waals surface area contributed by atoms with E-state index in [2.05, 4.69) is 26.1 Å². The SMILES string of the molecule is CC(NC1CC(C)N(OCC(C)(C)O)C(C)(C)C1)C(=O)O. The quantitative estimate of drug-likeness (QED) is 0.688. The number of carboxylic acid groups (broad SMARTS) is 1. The Morgan fingerprint density at radius 1 is 1.52 bits per heavy atom. The number of carboxylic acids is 1. The van der Waals surface area contributed by atoms with Gasteiger partial charge in [-0.05, 0) is 54.4 Å². The minimum absolute atomic E-state index is 0.142. The summed E-state index contributed by atoms with van der Waals surface area (Å²) in [7, 11) is 0. The molecule has 3 atom stereocenters. The molecule has 0 bridgehead atoms. The van der Waals surface area contributed by atoms with E-state index in [9.17, 15) is 9.90 Å². The minimum atomic E-state index is -0.872. The normalized spacial score (nSPS) is 28.3. The number of carbonyl (C=O) groups is 1. The Labute approximate surface area is 127 Å². The van der Waals surface area contributed by atoms with Crippen LogP contribution in [0.2, 0.25) is 0 Å². The Kier molecular flexibility index (Phi) is 5.77. The molecule has 1 aliphatic rings. The number of hydrogen-bond acceptors (Lipinski definition) is 5. The second-order valence-electron chi connectivity index (χ2n) is 7.44. The highest BCUT2D eigenvalue weighted by Crippen LogP contribution is 2.32. The Morgan fingerprint density at radius 3 is 2.52 bits per heavy atom. The van der Waals surface area contributed by atoms with E-state index in [0.29, 0.717) is 0 Å². The topological polar surface area (TPSA) is 82.0 Å². The maximum absolute atomic E-state index is 11.0. The van der Waals surface area contributed by atoms with Crippen LogP contribution in [0.3, 0.4) is 0 Å². The first-order valence-electron chi connectivity index (χ1n) is 7.56. The fourth-order valence-electron chi connectivity index (χ4n) is 2.96. The molecule has 1 fully saturated rings. The predicted octanol–water partition coefficient (Wildman–Crippen LogP) is 1.38. The third kappa shape index (κ3) is 5.54. The van der Waals surface area contributed by atoms with Gasteiger partial charge in [0, 0.05) is 17.6 Å². The van der Waals surface area contributed by atoms with Crippen LogP contribution in [0.4, 0.5) is 0 Å². The zero-order chi connectivity index (χ0) is 16.4. The summed E-state index contributed by atoms with van der Waals surface area (Å²) < 4.78 is 0. The predicted molar refractivity (Wildman–Crippen MR) is 80.9 cm³/mol. The molecule has 3 N–H and O–H groups in total. The molecule has 0 aromatic carbocycles. The van der Waals surface area contributed by atoms with Crippen LogP contribution in [0.25, 0.3) is 0 Å². The maximum atomic E-state index is 11.0. The highest BCUT2D eigenvalue weighted by molar-refractivity contribution is 5.72. The molecule has 0 aromatic rings. The average molecular weight is 302 g/mol. The van der Waals surface area contributed by atoms with Gasteiger partial charge in [0.15, 0.2) is 0 Å². The van der Waals surface area contributed by atoms with Crippen LogP contribution in [-0.2, 0) is 9.63 Å². The van der Waals surface area contributed by atoms with Gasteiger partial charge in [-0.1, -0.05) is 0 Å². The lowest BCUT2D eigenvalue weighted by Crippen LogP contribution is -2.60. The van der Waals surface area contributed by atoms with Crippen molar-refractivity contribution in [3.8, 4) is 0 Å². The molecule has 0 radical (unpaired) electrons. The van der Waals surface area contributed by atoms with Gasteiger partial charge in [0.05, 0.1) is 12.2 Å². The van der Waals surface area contributed by atoms with E-state index in [1.165, 1.54) is 0 Å². The van der Waals surface area contributed by atoms with Crippen LogP contribution in [0, 0.1) is 0 Å². The zero-order valence-electron chi connectivity index (χ0n) is 14.0. The number of hydrogen-bond donors (Lipinski definition) is 3. The molecule has 6 nitrogen and oxygen atoms in total. The first-order valence-corrected chi connectivity index (χ1v) is 7.56. The van der Waals surface area contributed by atoms with E-state index in [1.807, 2.05) is 5.06 Å². The van der Waals surface area contributed by atoms with E-state index >= 15 is 0 Å². The van der Waals surface area contributed by atoms with Gasteiger partial charge in [0.2, 0.25) is 0 Å². The summed E-state index contributed by atoms with van der Waals surface area (Å²) >= 11 is 0. The van der Waals surface area contributed by atoms with Gasteiger partial charge in [-0.3, -0.25) is 9.63 Å². The van der Waals surface area contributed by atoms with Crippen molar-refractivity contribution in [3.63, 3.8) is 0 Å². The molecule has 3 unspecified atom stereocenters. The summed E-state index contributed by atoms with van der Waals surface area (Å²) in [6, 6.07) is -0.264. The monoisotopic (exact) mass is 302 g/mol. The fraction of sp³-hybridized carbons (Fsp3) is 0.933. The van der Waals surface area contributed by atoms with E-state index in [-0.39, 0.29) is 24.2 Å². The molecule has 0 aromatic heterocycles. The lowest BCUT2D eigenvalue weighted by Gasteiger charge is -2.49. The molecule has 0 spiro atoms. The number of nitrogens with one attached hydrogen (secondary N) is 1. The van der Waals surface area contributed by atoms with Gasteiger partial charge in [-0.2, -0.15) is 5.06 Å². The van der Waals surface area contributed by atoms with E-state index in [0.717, 1.165) is 12.8 Å². The molecule has 1 rings (SSSR count). The lowest BCUT2D eigenvalue weighted by molar-refractivity contribution is -0.272. The second-order valence-corrected chi connectivity index (χ2v) is 7.44. The highest BCUT2D eigenvalue weighted by Gasteiger charge is 2.41. The molecule has 0 aliphatic carbocycles. The number of hydroxylamine groups is 2. The molecule has 1 aliphatic heterocycles. The summed E-state index contributed by atoms with van der Waals surface area (Å²) in [5.41, 5.74) is -1.10. The largest absolute Gasteiger partial charge is 0.480 e. The van der Waals surface area contributed by atoms with Gasteiger partial charge in [-0.15, -0.1) is 0 Å². The smallest absolute Gasteiger partial charge is 0.320 e. The van der Waals surface area contributed by atoms with Crippen molar-refractivity contribution in [2.75, 3.05) is 6.61 Å². The third-order valence-corrected chi connectivity index (χ3v) is 3.78. The van der Waals surface area contributed by atoms with Gasteiger partial charge >= 0.3 is 5.97 Å². The summed E-state index contributed by atoms with van der Waals surface area (Å²) in [6.45, 7) is 11.5. The van der Waals surface area contributed by atoms with Crippen LogP contribution < -0.4 is 5.32 Å². The van der Waals surface area contributed by atoms with Crippen molar-refractivity contribution in [2.24, 2.45) is 0 Å². The summed E-state index contributed by atoms with van der Waals surface area (Å²) in [5, 5.41) is 23.9. The lowest BCUT2D eigenvalue weighted by atomic mass is 9.85. The van der Waals surface area contributed by atoms with Gasteiger partial charge < -0.3 is 15.5 Å². The second kappa shape index (κ2) is 6.60. The van der Waals surface area contributed by atoms with Gasteiger partial charge in [0.1, 0.15) is 6.04 Å². The molecular weight excluding hydrogens is 272 g/mol. The number of aliphatic carboxylic acids is 1. The van der Waals surface area contributed by atoms with Crippen molar-refractivity contribution in [2.45, 2.75) is 83.6 Å². The van der Waals surface area contributed by atoms with Crippen LogP contribution in [-0.4, -0.2) is 57.1 Å². The average Bonchev–Trinajstić information content (AvgIpc) is 2.24. The van der Waals surface area contributed by atoms with Crippen LogP contribution in [0.5, 0.6) is 0 Å². The van der Waals surface area contributed by atoms with Crippen molar-refractivity contribution in [1.29, 1.82) is 0 Å². The Hall–Kier alpha value is -0.690. The molecule has 1 heterocycles. The zero-order valence-corrected chi connectivity index (χ0v) is 14.0. The third-order valence-electron chi connectivity index (χ3n) is 3.78. The molecule has 1 saturated heterocycles. The van der Waals surface area contributed by atoms with E-state index in [1.54, 1.807) is 20.8 Å². The Bertz CT molecular complexity index is 365. The van der Waals surface area contributed by atoms with Crippen molar-refractivity contribution >= 4 is 5.97 Å². The van der Waals surface area contributed by atoms with Crippen molar-refractivity contribution in [3.05, 3.63) is 0 Å². The minimum Gasteiger partial charge on any atom is -0.480 e. The van der Waals surface area contributed by atoms with Gasteiger partial charge in [0.25, 0.3) is 0 Å². The molecule has 21 heavy (non-hydrogen) atoms.